The van der Waals surface area contributed by atoms with Crippen molar-refractivity contribution < 1.29 is 0 Å². The van der Waals surface area contributed by atoms with Crippen molar-refractivity contribution in [3.63, 3.8) is 0 Å². The molecule has 0 amide bonds. The number of thioether (sulfide) groups is 1. The molecule has 0 bridgehead atoms. The van der Waals surface area contributed by atoms with Gasteiger partial charge >= 0.3 is 0 Å². The molecule has 0 aliphatic heterocycles. The van der Waals surface area contributed by atoms with Crippen molar-refractivity contribution in [1.82, 2.24) is 5.32 Å². The minimum absolute atomic E-state index is 0.536. The Hall–Kier alpha value is 0.01000. The van der Waals surface area contributed by atoms with Crippen LogP contribution in [0.2, 0.25) is 0 Å². The van der Waals surface area contributed by atoms with Crippen LogP contribution in [-0.4, -0.2) is 12.3 Å². The van der Waals surface area contributed by atoms with Crippen molar-refractivity contribution in [2.45, 2.75) is 31.3 Å². The Morgan fingerprint density at radius 3 is 2.64 bits per heavy atom. The molecule has 1 N–H and O–H groups in total. The summed E-state index contributed by atoms with van der Waals surface area (Å²) in [6.07, 6.45) is 2.09. The van der Waals surface area contributed by atoms with Crippen LogP contribution >= 0.6 is 27.7 Å². The van der Waals surface area contributed by atoms with Crippen molar-refractivity contribution in [1.29, 1.82) is 0 Å². The Bertz CT molecular complexity index is 299. The zero-order chi connectivity index (χ0) is 10.6. The molecule has 1 rings (SSSR count). The standard InChI is InChI=1S/C11H16BrNS/c1-8(2)13-7-9-4-5-11(14-3)10(12)6-9/h4-6,8,13H,7H2,1-3H3. The number of halogens is 1. The van der Waals surface area contributed by atoms with Crippen LogP contribution in [0.25, 0.3) is 0 Å². The fraction of sp³-hybridized carbons (Fsp3) is 0.455. The molecule has 0 atom stereocenters. The molecule has 3 heteroatoms. The Kier molecular flexibility index (Phi) is 4.99. The lowest BCUT2D eigenvalue weighted by atomic mass is 10.2. The average Bonchev–Trinajstić information content (AvgIpc) is 2.15. The van der Waals surface area contributed by atoms with Crippen molar-refractivity contribution >= 4 is 27.7 Å². The van der Waals surface area contributed by atoms with Crippen molar-refractivity contribution in [3.05, 3.63) is 28.2 Å². The van der Waals surface area contributed by atoms with Gasteiger partial charge in [-0.15, -0.1) is 11.8 Å². The van der Waals surface area contributed by atoms with Gasteiger partial charge in [-0.3, -0.25) is 0 Å². The smallest absolute Gasteiger partial charge is 0.0314 e. The van der Waals surface area contributed by atoms with Crippen LogP contribution in [0.5, 0.6) is 0 Å². The SMILES string of the molecule is CSc1ccc(CNC(C)C)cc1Br. The monoisotopic (exact) mass is 273 g/mol. The fourth-order valence-electron chi connectivity index (χ4n) is 1.14. The van der Waals surface area contributed by atoms with E-state index in [0.717, 1.165) is 6.54 Å². The van der Waals surface area contributed by atoms with Gasteiger partial charge in [0.25, 0.3) is 0 Å². The summed E-state index contributed by atoms with van der Waals surface area (Å²) in [6, 6.07) is 7.05. The second kappa shape index (κ2) is 5.79. The summed E-state index contributed by atoms with van der Waals surface area (Å²) < 4.78 is 1.19. The lowest BCUT2D eigenvalue weighted by Crippen LogP contribution is -2.21. The molecular weight excluding hydrogens is 258 g/mol. The first-order valence-electron chi connectivity index (χ1n) is 4.69. The minimum Gasteiger partial charge on any atom is -0.310 e. The Morgan fingerprint density at radius 2 is 2.14 bits per heavy atom. The zero-order valence-corrected chi connectivity index (χ0v) is 11.2. The van der Waals surface area contributed by atoms with E-state index >= 15 is 0 Å². The highest BCUT2D eigenvalue weighted by Crippen LogP contribution is 2.26. The number of benzene rings is 1. The molecule has 0 radical (unpaired) electrons. The highest BCUT2D eigenvalue weighted by Gasteiger charge is 2.00. The maximum atomic E-state index is 3.57. The first kappa shape index (κ1) is 12.1. The van der Waals surface area contributed by atoms with Crippen molar-refractivity contribution in [2.24, 2.45) is 0 Å². The molecule has 0 aliphatic carbocycles. The predicted octanol–water partition coefficient (Wildman–Crippen LogP) is 3.67. The van der Waals surface area contributed by atoms with Crippen LogP contribution in [-0.2, 0) is 6.54 Å². The molecule has 0 spiro atoms. The van der Waals surface area contributed by atoms with E-state index in [1.165, 1.54) is 14.9 Å². The van der Waals surface area contributed by atoms with Gasteiger partial charge in [-0.05, 0) is 39.9 Å². The molecule has 0 heterocycles. The normalized spacial score (nSPS) is 10.9. The number of hydrogen-bond donors (Lipinski definition) is 1. The van der Waals surface area contributed by atoms with Gasteiger partial charge in [0.15, 0.2) is 0 Å². The quantitative estimate of drug-likeness (QED) is 0.841. The molecule has 1 aromatic carbocycles. The van der Waals surface area contributed by atoms with Gasteiger partial charge < -0.3 is 5.32 Å². The van der Waals surface area contributed by atoms with Gasteiger partial charge in [-0.2, -0.15) is 0 Å². The molecule has 14 heavy (non-hydrogen) atoms. The van der Waals surface area contributed by atoms with E-state index in [2.05, 4.69) is 59.5 Å². The van der Waals surface area contributed by atoms with Crippen LogP contribution in [0.1, 0.15) is 19.4 Å². The second-order valence-corrected chi connectivity index (χ2v) is 5.21. The van der Waals surface area contributed by atoms with Crippen molar-refractivity contribution in [2.75, 3.05) is 6.26 Å². The summed E-state index contributed by atoms with van der Waals surface area (Å²) in [5.74, 6) is 0. The third kappa shape index (κ3) is 3.64. The van der Waals surface area contributed by atoms with E-state index < -0.39 is 0 Å². The van der Waals surface area contributed by atoms with E-state index in [-0.39, 0.29) is 0 Å². The third-order valence-electron chi connectivity index (χ3n) is 1.93. The van der Waals surface area contributed by atoms with Crippen LogP contribution in [0.4, 0.5) is 0 Å². The van der Waals surface area contributed by atoms with Gasteiger partial charge in [-0.25, -0.2) is 0 Å². The highest BCUT2D eigenvalue weighted by atomic mass is 79.9. The molecule has 0 saturated carbocycles. The highest BCUT2D eigenvalue weighted by molar-refractivity contribution is 9.10. The first-order chi connectivity index (χ1) is 6.63. The first-order valence-corrected chi connectivity index (χ1v) is 6.71. The topological polar surface area (TPSA) is 12.0 Å². The summed E-state index contributed by atoms with van der Waals surface area (Å²) >= 11 is 5.33. The van der Waals surface area contributed by atoms with Crippen molar-refractivity contribution in [3.8, 4) is 0 Å². The van der Waals surface area contributed by atoms with E-state index in [1.54, 1.807) is 11.8 Å². The number of nitrogens with one attached hydrogen (secondary N) is 1. The summed E-state index contributed by atoms with van der Waals surface area (Å²) in [6.45, 7) is 5.25. The molecular formula is C11H16BrNS. The Labute approximate surface area is 98.8 Å². The summed E-state index contributed by atoms with van der Waals surface area (Å²) in [5.41, 5.74) is 1.32. The van der Waals surface area contributed by atoms with E-state index in [9.17, 15) is 0 Å². The maximum absolute atomic E-state index is 3.57. The molecule has 0 aromatic heterocycles. The zero-order valence-electron chi connectivity index (χ0n) is 8.80. The lowest BCUT2D eigenvalue weighted by molar-refractivity contribution is 0.588. The summed E-state index contributed by atoms with van der Waals surface area (Å²) in [7, 11) is 0. The summed E-state index contributed by atoms with van der Waals surface area (Å²) in [4.78, 5) is 1.29. The second-order valence-electron chi connectivity index (χ2n) is 3.50. The van der Waals surface area contributed by atoms with Gasteiger partial charge in [0.1, 0.15) is 0 Å². The van der Waals surface area contributed by atoms with Gasteiger partial charge in [0.05, 0.1) is 0 Å². The maximum Gasteiger partial charge on any atom is 0.0314 e. The minimum atomic E-state index is 0.536. The van der Waals surface area contributed by atoms with E-state index in [4.69, 9.17) is 0 Å². The van der Waals surface area contributed by atoms with Crippen LogP contribution < -0.4 is 5.32 Å². The summed E-state index contributed by atoms with van der Waals surface area (Å²) in [5, 5.41) is 3.40. The fourth-order valence-corrected chi connectivity index (χ4v) is 2.51. The number of rotatable bonds is 4. The van der Waals surface area contributed by atoms with E-state index in [1.807, 2.05) is 0 Å². The van der Waals surface area contributed by atoms with E-state index in [0.29, 0.717) is 6.04 Å². The molecule has 1 aromatic rings. The van der Waals surface area contributed by atoms with Gasteiger partial charge in [0.2, 0.25) is 0 Å². The largest absolute Gasteiger partial charge is 0.310 e. The molecule has 0 fully saturated rings. The van der Waals surface area contributed by atoms with Crippen LogP contribution in [0.3, 0.4) is 0 Å². The third-order valence-corrected chi connectivity index (χ3v) is 3.64. The van der Waals surface area contributed by atoms with Crippen LogP contribution in [0, 0.1) is 0 Å². The molecule has 0 aliphatic rings. The van der Waals surface area contributed by atoms with Gasteiger partial charge in [-0.1, -0.05) is 19.9 Å². The molecule has 78 valence electrons. The Balaban J connectivity index is 2.66. The number of hydrogen-bond acceptors (Lipinski definition) is 2. The predicted molar refractivity (Wildman–Crippen MR) is 67.9 cm³/mol. The Morgan fingerprint density at radius 1 is 1.43 bits per heavy atom. The molecule has 0 unspecified atom stereocenters. The van der Waals surface area contributed by atoms with Crippen LogP contribution in [0.15, 0.2) is 27.6 Å². The average molecular weight is 274 g/mol. The molecule has 1 nitrogen and oxygen atoms in total. The van der Waals surface area contributed by atoms with Gasteiger partial charge in [0, 0.05) is 22.0 Å². The molecule has 0 saturated heterocycles. The lowest BCUT2D eigenvalue weighted by Gasteiger charge is -2.09.